The standard InChI is InChI=1S/C15H23N5O3.2ClH/c1-15(2,3)13(16)14(21)19-7-6-10(9-19)18-12-5-4-11(8-17-12)20(22)23;;/h4-5,8,10,13H,6-7,9,16H2,1-3H3,(H,17,18);2*1H/t10?,13-;;/m1../s1. The quantitative estimate of drug-likeness (QED) is 0.598. The van der Waals surface area contributed by atoms with Gasteiger partial charge in [0.05, 0.1) is 11.0 Å². The molecule has 0 aromatic carbocycles. The average molecular weight is 394 g/mol. The van der Waals surface area contributed by atoms with E-state index >= 15 is 0 Å². The number of nitrogens with two attached hydrogens (primary N) is 1. The van der Waals surface area contributed by atoms with Crippen LogP contribution in [0.3, 0.4) is 0 Å². The Balaban J connectivity index is 0.00000288. The molecule has 1 aromatic rings. The molecule has 1 saturated heterocycles. The minimum absolute atomic E-state index is 0. The smallest absolute Gasteiger partial charge is 0.287 e. The van der Waals surface area contributed by atoms with Crippen LogP contribution in [0.25, 0.3) is 0 Å². The van der Waals surface area contributed by atoms with E-state index in [4.69, 9.17) is 5.73 Å². The van der Waals surface area contributed by atoms with Gasteiger partial charge in [-0.05, 0) is 17.9 Å². The molecule has 1 unspecified atom stereocenters. The minimum atomic E-state index is -0.529. The van der Waals surface area contributed by atoms with Gasteiger partial charge in [0.2, 0.25) is 5.91 Å². The van der Waals surface area contributed by atoms with Crippen LogP contribution in [0.15, 0.2) is 18.3 Å². The first-order valence-corrected chi connectivity index (χ1v) is 7.60. The van der Waals surface area contributed by atoms with Crippen LogP contribution < -0.4 is 11.1 Å². The molecule has 1 aliphatic heterocycles. The van der Waals surface area contributed by atoms with Crippen molar-refractivity contribution in [2.24, 2.45) is 11.1 Å². The molecule has 1 aromatic heterocycles. The zero-order valence-electron chi connectivity index (χ0n) is 14.5. The maximum atomic E-state index is 12.4. The van der Waals surface area contributed by atoms with Gasteiger partial charge in [0.15, 0.2) is 0 Å². The number of nitrogens with zero attached hydrogens (tertiary/aromatic N) is 3. The summed E-state index contributed by atoms with van der Waals surface area (Å²) in [5.41, 5.74) is 5.71. The zero-order chi connectivity index (χ0) is 17.2. The number of carbonyl (C=O) groups excluding carboxylic acids is 1. The summed E-state index contributed by atoms with van der Waals surface area (Å²) in [5, 5.41) is 13.8. The van der Waals surface area contributed by atoms with Crippen molar-refractivity contribution in [1.29, 1.82) is 0 Å². The van der Waals surface area contributed by atoms with Crippen molar-refractivity contribution in [3.05, 3.63) is 28.4 Å². The van der Waals surface area contributed by atoms with E-state index in [1.165, 1.54) is 12.3 Å². The minimum Gasteiger partial charge on any atom is -0.365 e. The fourth-order valence-corrected chi connectivity index (χ4v) is 2.43. The van der Waals surface area contributed by atoms with Crippen LogP contribution in [-0.4, -0.2) is 45.9 Å². The molecule has 142 valence electrons. The molecule has 10 heteroatoms. The summed E-state index contributed by atoms with van der Waals surface area (Å²) in [6.07, 6.45) is 2.01. The predicted octanol–water partition coefficient (Wildman–Crippen LogP) is 2.22. The van der Waals surface area contributed by atoms with Crippen molar-refractivity contribution < 1.29 is 9.72 Å². The molecule has 1 fully saturated rings. The van der Waals surface area contributed by atoms with Crippen LogP contribution in [0.5, 0.6) is 0 Å². The third kappa shape index (κ3) is 5.98. The summed E-state index contributed by atoms with van der Waals surface area (Å²) in [6.45, 7) is 7.04. The van der Waals surface area contributed by atoms with Crippen LogP contribution >= 0.6 is 24.8 Å². The summed E-state index contributed by atoms with van der Waals surface area (Å²) in [5.74, 6) is 0.522. The summed E-state index contributed by atoms with van der Waals surface area (Å²) < 4.78 is 0. The summed E-state index contributed by atoms with van der Waals surface area (Å²) in [4.78, 5) is 28.3. The Morgan fingerprint density at radius 3 is 2.56 bits per heavy atom. The molecule has 0 radical (unpaired) electrons. The number of rotatable bonds is 4. The lowest BCUT2D eigenvalue weighted by Crippen LogP contribution is -2.50. The zero-order valence-corrected chi connectivity index (χ0v) is 16.1. The van der Waals surface area contributed by atoms with Crippen molar-refractivity contribution >= 4 is 42.2 Å². The average Bonchev–Trinajstić information content (AvgIpc) is 2.93. The first kappa shape index (κ1) is 23.4. The number of likely N-dealkylation sites (tertiary alicyclic amines) is 1. The highest BCUT2D eigenvalue weighted by Crippen LogP contribution is 2.22. The molecule has 2 rings (SSSR count). The maximum Gasteiger partial charge on any atom is 0.287 e. The van der Waals surface area contributed by atoms with Crippen molar-refractivity contribution in [2.75, 3.05) is 18.4 Å². The lowest BCUT2D eigenvalue weighted by molar-refractivity contribution is -0.385. The fraction of sp³-hybridized carbons (Fsp3) is 0.600. The van der Waals surface area contributed by atoms with Crippen molar-refractivity contribution in [1.82, 2.24) is 9.88 Å². The van der Waals surface area contributed by atoms with Gasteiger partial charge in [-0.15, -0.1) is 24.8 Å². The second-order valence-corrected chi connectivity index (χ2v) is 6.92. The second kappa shape index (κ2) is 9.17. The third-order valence-electron chi connectivity index (χ3n) is 4.01. The maximum absolute atomic E-state index is 12.4. The van der Waals surface area contributed by atoms with Gasteiger partial charge in [0.25, 0.3) is 5.69 Å². The van der Waals surface area contributed by atoms with E-state index in [0.717, 1.165) is 6.42 Å². The molecule has 0 aliphatic carbocycles. The number of hydrogen-bond acceptors (Lipinski definition) is 6. The van der Waals surface area contributed by atoms with E-state index in [9.17, 15) is 14.9 Å². The van der Waals surface area contributed by atoms with E-state index < -0.39 is 11.0 Å². The van der Waals surface area contributed by atoms with E-state index in [1.807, 2.05) is 20.8 Å². The van der Waals surface area contributed by atoms with Crippen LogP contribution in [0.4, 0.5) is 11.5 Å². The molecular weight excluding hydrogens is 369 g/mol. The van der Waals surface area contributed by atoms with Crippen LogP contribution in [0.2, 0.25) is 0 Å². The molecule has 1 aliphatic rings. The lowest BCUT2D eigenvalue weighted by Gasteiger charge is -2.30. The Labute approximate surface area is 159 Å². The second-order valence-electron chi connectivity index (χ2n) is 6.92. The molecule has 8 nitrogen and oxygen atoms in total. The summed E-state index contributed by atoms with van der Waals surface area (Å²) in [7, 11) is 0. The van der Waals surface area contributed by atoms with Gasteiger partial charge in [-0.1, -0.05) is 20.8 Å². The molecule has 2 heterocycles. The topological polar surface area (TPSA) is 114 Å². The van der Waals surface area contributed by atoms with Crippen molar-refractivity contribution in [2.45, 2.75) is 39.3 Å². The SMILES string of the molecule is CC(C)(C)[C@H](N)C(=O)N1CCC(Nc2ccc([N+](=O)[O-])cn2)C1.Cl.Cl. The number of hydrogen-bond donors (Lipinski definition) is 2. The first-order valence-electron chi connectivity index (χ1n) is 7.60. The van der Waals surface area contributed by atoms with E-state index in [2.05, 4.69) is 10.3 Å². The fourth-order valence-electron chi connectivity index (χ4n) is 2.43. The number of nitro groups is 1. The van der Waals surface area contributed by atoms with Gasteiger partial charge in [-0.25, -0.2) is 4.98 Å². The number of anilines is 1. The van der Waals surface area contributed by atoms with Gasteiger partial charge >= 0.3 is 0 Å². The van der Waals surface area contributed by atoms with Crippen LogP contribution in [-0.2, 0) is 4.79 Å². The number of carbonyl (C=O) groups is 1. The first-order chi connectivity index (χ1) is 10.7. The highest BCUT2D eigenvalue weighted by molar-refractivity contribution is 5.85. The van der Waals surface area contributed by atoms with Crippen LogP contribution in [0.1, 0.15) is 27.2 Å². The predicted molar refractivity (Wildman–Crippen MR) is 101 cm³/mol. The van der Waals surface area contributed by atoms with Crippen molar-refractivity contribution in [3.63, 3.8) is 0 Å². The molecular formula is C15H25Cl2N5O3. The summed E-state index contributed by atoms with van der Waals surface area (Å²) >= 11 is 0. The molecule has 1 amide bonds. The molecule has 3 N–H and O–H groups in total. The molecule has 0 bridgehead atoms. The molecule has 0 spiro atoms. The lowest BCUT2D eigenvalue weighted by atomic mass is 9.86. The largest absolute Gasteiger partial charge is 0.365 e. The molecule has 25 heavy (non-hydrogen) atoms. The van der Waals surface area contributed by atoms with E-state index in [-0.39, 0.29) is 47.9 Å². The number of halogens is 2. The normalized spacial score (nSPS) is 17.9. The Hall–Kier alpha value is -1.64. The number of amides is 1. The molecule has 2 atom stereocenters. The Kier molecular flexibility index (Phi) is 8.57. The monoisotopic (exact) mass is 393 g/mol. The summed E-state index contributed by atoms with van der Waals surface area (Å²) in [6, 6.07) is 2.52. The van der Waals surface area contributed by atoms with Gasteiger partial charge in [0, 0.05) is 25.2 Å². The van der Waals surface area contributed by atoms with Crippen molar-refractivity contribution in [3.8, 4) is 0 Å². The van der Waals surface area contributed by atoms with Gasteiger partial charge in [-0.2, -0.15) is 0 Å². The Morgan fingerprint density at radius 2 is 2.08 bits per heavy atom. The molecule has 0 saturated carbocycles. The van der Waals surface area contributed by atoms with Gasteiger partial charge < -0.3 is 16.0 Å². The Morgan fingerprint density at radius 1 is 1.44 bits per heavy atom. The number of nitrogens with one attached hydrogen (secondary N) is 1. The van der Waals surface area contributed by atoms with Gasteiger partial charge in [0.1, 0.15) is 12.0 Å². The highest BCUT2D eigenvalue weighted by Gasteiger charge is 2.34. The number of aromatic nitrogens is 1. The van der Waals surface area contributed by atoms with E-state index in [1.54, 1.807) is 11.0 Å². The third-order valence-corrected chi connectivity index (χ3v) is 4.01. The van der Waals surface area contributed by atoms with Gasteiger partial charge in [-0.3, -0.25) is 14.9 Å². The van der Waals surface area contributed by atoms with E-state index in [0.29, 0.717) is 18.9 Å². The van der Waals surface area contributed by atoms with Crippen LogP contribution in [0, 0.1) is 15.5 Å². The number of pyridine rings is 1. The highest BCUT2D eigenvalue weighted by atomic mass is 35.5. The Bertz CT molecular complexity index is 592.